The predicted molar refractivity (Wildman–Crippen MR) is 104 cm³/mol. The van der Waals surface area contributed by atoms with Gasteiger partial charge in [0.15, 0.2) is 11.5 Å². The maximum Gasteiger partial charge on any atom is 0.222 e. The topological polar surface area (TPSA) is 93.9 Å². The number of benzene rings is 1. The smallest absolute Gasteiger partial charge is 0.222 e. The van der Waals surface area contributed by atoms with Crippen molar-refractivity contribution in [3.63, 3.8) is 0 Å². The van der Waals surface area contributed by atoms with E-state index in [2.05, 4.69) is 5.32 Å². The highest BCUT2D eigenvalue weighted by molar-refractivity contribution is 5.77. The van der Waals surface area contributed by atoms with E-state index in [1.807, 2.05) is 24.0 Å². The highest BCUT2D eigenvalue weighted by Crippen LogP contribution is 2.33. The number of carbonyl (C=O) groups is 2. The Morgan fingerprint density at radius 2 is 1.85 bits per heavy atom. The molecule has 1 atom stereocenters. The summed E-state index contributed by atoms with van der Waals surface area (Å²) < 4.78 is 10.7. The maximum atomic E-state index is 12.5. The van der Waals surface area contributed by atoms with Crippen LogP contribution in [0.3, 0.4) is 0 Å². The van der Waals surface area contributed by atoms with Gasteiger partial charge >= 0.3 is 0 Å². The fourth-order valence-corrected chi connectivity index (χ4v) is 3.17. The Bertz CT molecular complexity index is 661. The highest BCUT2D eigenvalue weighted by Gasteiger charge is 2.22. The summed E-state index contributed by atoms with van der Waals surface area (Å²) in [5.74, 6) is 1.50. The average Bonchev–Trinajstić information content (AvgIpc) is 2.67. The van der Waals surface area contributed by atoms with Gasteiger partial charge in [-0.1, -0.05) is 0 Å². The first-order valence-corrected chi connectivity index (χ1v) is 9.48. The number of nitrogens with two attached hydrogens (primary N) is 1. The zero-order valence-electron chi connectivity index (χ0n) is 16.5. The van der Waals surface area contributed by atoms with E-state index in [0.29, 0.717) is 51.1 Å². The lowest BCUT2D eigenvalue weighted by Gasteiger charge is -2.29. The maximum absolute atomic E-state index is 12.5. The molecule has 1 aromatic carbocycles. The molecule has 3 N–H and O–H groups in total. The molecule has 27 heavy (non-hydrogen) atoms. The van der Waals surface area contributed by atoms with Crippen LogP contribution in [-0.2, 0) is 22.6 Å². The molecule has 7 nitrogen and oxygen atoms in total. The number of fused-ring (bicyclic) bond motifs is 1. The number of methoxy groups -OCH3 is 2. The molecule has 0 spiro atoms. The van der Waals surface area contributed by atoms with E-state index in [-0.39, 0.29) is 17.9 Å². The Kier molecular flexibility index (Phi) is 7.91. The van der Waals surface area contributed by atoms with Crippen LogP contribution in [0.4, 0.5) is 0 Å². The molecule has 0 fully saturated rings. The van der Waals surface area contributed by atoms with Crippen molar-refractivity contribution in [1.82, 2.24) is 10.2 Å². The molecule has 1 heterocycles. The molecule has 1 aromatic rings. The van der Waals surface area contributed by atoms with Gasteiger partial charge in [0, 0.05) is 38.5 Å². The molecule has 1 aliphatic heterocycles. The number of rotatable bonds is 9. The average molecular weight is 377 g/mol. The van der Waals surface area contributed by atoms with Crippen LogP contribution in [0.15, 0.2) is 12.1 Å². The summed E-state index contributed by atoms with van der Waals surface area (Å²) >= 11 is 0. The Morgan fingerprint density at radius 3 is 2.48 bits per heavy atom. The minimum atomic E-state index is -0.00677. The molecule has 0 aromatic heterocycles. The van der Waals surface area contributed by atoms with Gasteiger partial charge in [0.2, 0.25) is 11.8 Å². The van der Waals surface area contributed by atoms with Gasteiger partial charge in [0.1, 0.15) is 0 Å². The molecule has 2 amide bonds. The minimum absolute atomic E-state index is 0.00677. The van der Waals surface area contributed by atoms with E-state index in [1.165, 1.54) is 5.56 Å². The van der Waals surface area contributed by atoms with Gasteiger partial charge in [0.05, 0.1) is 14.2 Å². The Balaban J connectivity index is 1.79. The minimum Gasteiger partial charge on any atom is -0.493 e. The van der Waals surface area contributed by atoms with Crippen LogP contribution >= 0.6 is 0 Å². The summed E-state index contributed by atoms with van der Waals surface area (Å²) in [5, 5.41) is 2.84. The van der Waals surface area contributed by atoms with Gasteiger partial charge in [-0.2, -0.15) is 0 Å². The van der Waals surface area contributed by atoms with Crippen molar-refractivity contribution in [2.45, 2.75) is 51.6 Å². The van der Waals surface area contributed by atoms with Crippen LogP contribution in [0.2, 0.25) is 0 Å². The second-order valence-electron chi connectivity index (χ2n) is 7.01. The quantitative estimate of drug-likeness (QED) is 0.638. The van der Waals surface area contributed by atoms with Gasteiger partial charge in [-0.05, 0) is 49.4 Å². The van der Waals surface area contributed by atoms with Crippen LogP contribution in [0.1, 0.15) is 43.7 Å². The molecular formula is C20H31N3O4. The lowest BCUT2D eigenvalue weighted by Crippen LogP contribution is -2.36. The molecule has 150 valence electrons. The van der Waals surface area contributed by atoms with Crippen molar-refractivity contribution < 1.29 is 19.1 Å². The van der Waals surface area contributed by atoms with Crippen molar-refractivity contribution >= 4 is 11.8 Å². The number of carbonyl (C=O) groups excluding carboxylic acids is 2. The zero-order valence-corrected chi connectivity index (χ0v) is 16.5. The van der Waals surface area contributed by atoms with Crippen molar-refractivity contribution in [2.24, 2.45) is 5.73 Å². The lowest BCUT2D eigenvalue weighted by molar-refractivity contribution is -0.132. The fraction of sp³-hybridized carbons (Fsp3) is 0.600. The molecule has 1 aliphatic rings. The second kappa shape index (κ2) is 10.2. The molecule has 0 bridgehead atoms. The van der Waals surface area contributed by atoms with E-state index in [0.717, 1.165) is 17.7 Å². The largest absolute Gasteiger partial charge is 0.493 e. The number of nitrogens with one attached hydrogen (secondary N) is 1. The number of hydrogen-bond acceptors (Lipinski definition) is 5. The van der Waals surface area contributed by atoms with Crippen LogP contribution < -0.4 is 20.5 Å². The van der Waals surface area contributed by atoms with Gasteiger partial charge < -0.3 is 25.4 Å². The summed E-state index contributed by atoms with van der Waals surface area (Å²) in [6, 6.07) is 3.97. The van der Waals surface area contributed by atoms with Gasteiger partial charge in [-0.3, -0.25) is 9.59 Å². The Labute approximate surface area is 161 Å². The monoisotopic (exact) mass is 377 g/mol. The standard InChI is InChI=1S/C20H31N3O4/c1-14(21)6-7-19(24)22-9-4-5-20(25)23-10-8-15-11-17(26-2)18(27-3)12-16(15)13-23/h11-12,14H,4-10,13,21H2,1-3H3,(H,22,24). The first kappa shape index (κ1) is 21.0. The molecule has 2 rings (SSSR count). The number of nitrogens with zero attached hydrogens (tertiary/aromatic N) is 1. The third-order valence-corrected chi connectivity index (χ3v) is 4.79. The van der Waals surface area contributed by atoms with E-state index < -0.39 is 0 Å². The molecule has 7 heteroatoms. The normalized spacial score (nSPS) is 14.3. The van der Waals surface area contributed by atoms with E-state index in [9.17, 15) is 9.59 Å². The third-order valence-electron chi connectivity index (χ3n) is 4.79. The van der Waals surface area contributed by atoms with E-state index in [4.69, 9.17) is 15.2 Å². The molecule has 0 saturated heterocycles. The molecular weight excluding hydrogens is 346 g/mol. The van der Waals surface area contributed by atoms with E-state index in [1.54, 1.807) is 14.2 Å². The van der Waals surface area contributed by atoms with Gasteiger partial charge in [-0.25, -0.2) is 0 Å². The zero-order chi connectivity index (χ0) is 19.8. The third kappa shape index (κ3) is 6.13. The number of amides is 2. The highest BCUT2D eigenvalue weighted by atomic mass is 16.5. The first-order chi connectivity index (χ1) is 12.9. The van der Waals surface area contributed by atoms with Crippen molar-refractivity contribution in [1.29, 1.82) is 0 Å². The van der Waals surface area contributed by atoms with Crippen LogP contribution in [0, 0.1) is 0 Å². The first-order valence-electron chi connectivity index (χ1n) is 9.48. The van der Waals surface area contributed by atoms with Crippen molar-refractivity contribution in [3.8, 4) is 11.5 Å². The molecule has 0 saturated carbocycles. The molecule has 1 unspecified atom stereocenters. The van der Waals surface area contributed by atoms with E-state index >= 15 is 0 Å². The fourth-order valence-electron chi connectivity index (χ4n) is 3.17. The molecule has 0 radical (unpaired) electrons. The summed E-state index contributed by atoms with van der Waals surface area (Å²) in [7, 11) is 3.23. The van der Waals surface area contributed by atoms with Crippen LogP contribution in [0.25, 0.3) is 0 Å². The predicted octanol–water partition coefficient (Wildman–Crippen LogP) is 1.61. The van der Waals surface area contributed by atoms with Gasteiger partial charge in [-0.15, -0.1) is 0 Å². The summed E-state index contributed by atoms with van der Waals surface area (Å²) in [6.45, 7) is 3.67. The summed E-state index contributed by atoms with van der Waals surface area (Å²) in [6.07, 6.45) is 2.97. The van der Waals surface area contributed by atoms with Gasteiger partial charge in [0.25, 0.3) is 0 Å². The second-order valence-corrected chi connectivity index (χ2v) is 7.01. The summed E-state index contributed by atoms with van der Waals surface area (Å²) in [5.41, 5.74) is 7.93. The molecule has 0 aliphatic carbocycles. The number of hydrogen-bond donors (Lipinski definition) is 2. The lowest BCUT2D eigenvalue weighted by atomic mass is 9.98. The summed E-state index contributed by atoms with van der Waals surface area (Å²) in [4.78, 5) is 26.0. The number of ether oxygens (including phenoxy) is 2. The SMILES string of the molecule is COc1cc2c(cc1OC)CN(C(=O)CCCNC(=O)CCC(C)N)CC2. The van der Waals surface area contributed by atoms with Crippen molar-refractivity contribution in [3.05, 3.63) is 23.3 Å². The Hall–Kier alpha value is -2.28. The van der Waals surface area contributed by atoms with Crippen molar-refractivity contribution in [2.75, 3.05) is 27.3 Å². The van der Waals surface area contributed by atoms with Crippen LogP contribution in [-0.4, -0.2) is 50.1 Å². The Morgan fingerprint density at radius 1 is 1.19 bits per heavy atom. The van der Waals surface area contributed by atoms with Crippen LogP contribution in [0.5, 0.6) is 11.5 Å².